The Balaban J connectivity index is 2.04. The first-order valence-electron chi connectivity index (χ1n) is 10.3. The van der Waals surface area contributed by atoms with E-state index >= 15 is 0 Å². The summed E-state index contributed by atoms with van der Waals surface area (Å²) in [5, 5.41) is 9.65. The number of methoxy groups -OCH3 is 3. The van der Waals surface area contributed by atoms with Gasteiger partial charge in [0.1, 0.15) is 17.3 Å². The highest BCUT2D eigenvalue weighted by Crippen LogP contribution is 2.46. The Kier molecular flexibility index (Phi) is 6.55. The summed E-state index contributed by atoms with van der Waals surface area (Å²) in [6, 6.07) is 4.13. The molecule has 2 aliphatic heterocycles. The third kappa shape index (κ3) is 4.55. The van der Waals surface area contributed by atoms with Crippen molar-refractivity contribution in [2.24, 2.45) is 0 Å². The summed E-state index contributed by atoms with van der Waals surface area (Å²) in [7, 11) is 3.41. The molecule has 0 aromatic heterocycles. The summed E-state index contributed by atoms with van der Waals surface area (Å²) in [5.74, 6) is -4.51. The van der Waals surface area contributed by atoms with Gasteiger partial charge in [0.25, 0.3) is 0 Å². The molecule has 37 heavy (non-hydrogen) atoms. The number of benzene rings is 2. The van der Waals surface area contributed by atoms with E-state index in [1.54, 1.807) is 0 Å². The lowest BCUT2D eigenvalue weighted by molar-refractivity contribution is -0.140. The SMILES string of the molecule is COc1c(F)ccc(Oc2cc(C(F)(F)F)c(F)cc2-c2nc3ccn(O)cc-3c(=O)c2OC)c1OC. The van der Waals surface area contributed by atoms with Gasteiger partial charge in [0, 0.05) is 11.8 Å². The Hall–Kier alpha value is -4.55. The van der Waals surface area contributed by atoms with E-state index in [1.807, 2.05) is 0 Å². The van der Waals surface area contributed by atoms with E-state index in [-0.39, 0.29) is 39.8 Å². The van der Waals surface area contributed by atoms with Gasteiger partial charge in [0.05, 0.1) is 44.3 Å². The van der Waals surface area contributed by atoms with Crippen molar-refractivity contribution in [2.75, 3.05) is 21.3 Å². The first-order valence-corrected chi connectivity index (χ1v) is 10.3. The molecule has 1 N–H and O–H groups in total. The van der Waals surface area contributed by atoms with Crippen LogP contribution in [0.2, 0.25) is 0 Å². The molecule has 0 radical (unpaired) electrons. The second-order valence-electron chi connectivity index (χ2n) is 7.49. The number of fused-ring (bicyclic) bond motifs is 1. The maximum absolute atomic E-state index is 14.7. The van der Waals surface area contributed by atoms with Gasteiger partial charge in [-0.1, -0.05) is 0 Å². The van der Waals surface area contributed by atoms with Crippen LogP contribution in [0, 0.1) is 11.6 Å². The summed E-state index contributed by atoms with van der Waals surface area (Å²) in [6.07, 6.45) is -2.90. The van der Waals surface area contributed by atoms with E-state index in [1.165, 1.54) is 6.07 Å². The fourth-order valence-corrected chi connectivity index (χ4v) is 3.67. The topological polar surface area (TPSA) is 92.0 Å². The number of halogens is 5. The van der Waals surface area contributed by atoms with Crippen LogP contribution in [-0.4, -0.2) is 36.3 Å². The molecule has 13 heteroatoms. The molecule has 0 saturated heterocycles. The molecule has 0 unspecified atom stereocenters. The molecule has 4 rings (SSSR count). The van der Waals surface area contributed by atoms with Gasteiger partial charge in [-0.2, -0.15) is 13.2 Å². The van der Waals surface area contributed by atoms with Crippen LogP contribution in [0.25, 0.3) is 22.5 Å². The van der Waals surface area contributed by atoms with Crippen molar-refractivity contribution < 1.29 is 46.1 Å². The zero-order chi connectivity index (χ0) is 27.1. The Bertz CT molecular complexity index is 1520. The zero-order valence-corrected chi connectivity index (χ0v) is 19.3. The quantitative estimate of drug-likeness (QED) is 0.268. The molecule has 0 amide bonds. The monoisotopic (exact) mass is 524 g/mol. The lowest BCUT2D eigenvalue weighted by atomic mass is 10.0. The largest absolute Gasteiger partial charge is 0.491 e. The summed E-state index contributed by atoms with van der Waals surface area (Å²) < 4.78 is 91.1. The molecule has 8 nitrogen and oxygen atoms in total. The third-order valence-electron chi connectivity index (χ3n) is 5.31. The highest BCUT2D eigenvalue weighted by molar-refractivity contribution is 5.78. The average molecular weight is 524 g/mol. The summed E-state index contributed by atoms with van der Waals surface area (Å²) >= 11 is 0. The fraction of sp³-hybridized carbons (Fsp3) is 0.167. The van der Waals surface area contributed by atoms with Gasteiger partial charge in [0.2, 0.25) is 16.9 Å². The number of hydrogen-bond acceptors (Lipinski definition) is 7. The zero-order valence-electron chi connectivity index (χ0n) is 19.3. The van der Waals surface area contributed by atoms with Gasteiger partial charge >= 0.3 is 6.18 Å². The molecule has 0 bridgehead atoms. The minimum Gasteiger partial charge on any atom is -0.491 e. The van der Waals surface area contributed by atoms with Gasteiger partial charge < -0.3 is 24.2 Å². The normalized spacial score (nSPS) is 11.5. The van der Waals surface area contributed by atoms with Gasteiger partial charge in [-0.3, -0.25) is 4.79 Å². The van der Waals surface area contributed by atoms with Crippen LogP contribution in [0.4, 0.5) is 22.0 Å². The number of ether oxygens (including phenoxy) is 4. The van der Waals surface area contributed by atoms with E-state index in [0.29, 0.717) is 16.9 Å². The van der Waals surface area contributed by atoms with Gasteiger partial charge in [-0.15, -0.1) is 0 Å². The minimum atomic E-state index is -5.11. The Labute approximate surface area is 205 Å². The maximum atomic E-state index is 14.7. The molecule has 0 atom stereocenters. The van der Waals surface area contributed by atoms with E-state index in [9.17, 15) is 32.0 Å². The van der Waals surface area contributed by atoms with Crippen LogP contribution in [0.1, 0.15) is 5.56 Å². The molecule has 0 spiro atoms. The molecule has 0 fully saturated rings. The predicted molar refractivity (Wildman–Crippen MR) is 119 cm³/mol. The molecule has 2 aromatic carbocycles. The summed E-state index contributed by atoms with van der Waals surface area (Å²) in [6.45, 7) is 0. The van der Waals surface area contributed by atoms with Crippen molar-refractivity contribution in [3.05, 3.63) is 70.1 Å². The van der Waals surface area contributed by atoms with E-state index < -0.39 is 40.3 Å². The second kappa shape index (κ2) is 9.48. The smallest absolute Gasteiger partial charge is 0.419 e. The van der Waals surface area contributed by atoms with E-state index in [2.05, 4.69) is 4.98 Å². The first kappa shape index (κ1) is 25.5. The lowest BCUT2D eigenvalue weighted by Gasteiger charge is -2.19. The molecule has 2 aliphatic rings. The van der Waals surface area contributed by atoms with Gasteiger partial charge in [-0.05, 0) is 30.3 Å². The van der Waals surface area contributed by atoms with Gasteiger partial charge in [0.15, 0.2) is 17.3 Å². The van der Waals surface area contributed by atoms with Crippen LogP contribution in [0.3, 0.4) is 0 Å². The lowest BCUT2D eigenvalue weighted by Crippen LogP contribution is -2.15. The van der Waals surface area contributed by atoms with Crippen LogP contribution in [0.5, 0.6) is 28.7 Å². The first-order chi connectivity index (χ1) is 17.5. The van der Waals surface area contributed by atoms with Gasteiger partial charge in [-0.25, -0.2) is 18.5 Å². The number of pyridine rings is 2. The Morgan fingerprint density at radius 3 is 2.16 bits per heavy atom. The maximum Gasteiger partial charge on any atom is 0.419 e. The second-order valence-corrected chi connectivity index (χ2v) is 7.49. The van der Waals surface area contributed by atoms with Crippen LogP contribution < -0.4 is 24.4 Å². The molecule has 0 aliphatic carbocycles. The molecule has 2 heterocycles. The number of hydrogen-bond donors (Lipinski definition) is 1. The summed E-state index contributed by atoms with van der Waals surface area (Å²) in [5.41, 5.74) is -3.22. The van der Waals surface area contributed by atoms with Crippen molar-refractivity contribution in [2.45, 2.75) is 6.18 Å². The third-order valence-corrected chi connectivity index (χ3v) is 5.31. The predicted octanol–water partition coefficient (Wildman–Crippen LogP) is 5.37. The molecular formula is C24H17F5N2O6. The summed E-state index contributed by atoms with van der Waals surface area (Å²) in [4.78, 5) is 17.3. The van der Waals surface area contributed by atoms with Crippen LogP contribution >= 0.6 is 0 Å². The minimum absolute atomic E-state index is 0.0263. The van der Waals surface area contributed by atoms with Crippen LogP contribution in [0.15, 0.2) is 47.5 Å². The highest BCUT2D eigenvalue weighted by atomic mass is 19.4. The van der Waals surface area contributed by atoms with Crippen molar-refractivity contribution in [3.8, 4) is 51.3 Å². The Morgan fingerprint density at radius 1 is 0.865 bits per heavy atom. The van der Waals surface area contributed by atoms with E-state index in [0.717, 1.165) is 45.9 Å². The highest BCUT2D eigenvalue weighted by Gasteiger charge is 2.36. The number of alkyl halides is 3. The Morgan fingerprint density at radius 2 is 1.54 bits per heavy atom. The number of rotatable bonds is 6. The number of nitrogens with zero attached hydrogens (tertiary/aromatic N) is 2. The average Bonchev–Trinajstić information content (AvgIpc) is 2.85. The number of aromatic nitrogens is 2. The van der Waals surface area contributed by atoms with Crippen molar-refractivity contribution in [1.29, 1.82) is 0 Å². The van der Waals surface area contributed by atoms with Crippen molar-refractivity contribution >= 4 is 0 Å². The molecular weight excluding hydrogens is 507 g/mol. The molecule has 2 aromatic rings. The standard InChI is InChI=1S/C24H17F5N2O6/c1-34-21-14(25)4-5-17(22(21)35-2)37-18-9-13(24(27,28)29)15(26)8-11(18)19-23(36-3)20(32)12-10-31(33)7-6-16(12)30-19/h4-10,33H,1-3H3. The van der Waals surface area contributed by atoms with Crippen LogP contribution in [-0.2, 0) is 6.18 Å². The molecule has 0 saturated carbocycles. The fourth-order valence-electron chi connectivity index (χ4n) is 3.67. The van der Waals surface area contributed by atoms with E-state index in [4.69, 9.17) is 18.9 Å². The van der Waals surface area contributed by atoms with Crippen molar-refractivity contribution in [1.82, 2.24) is 9.71 Å². The van der Waals surface area contributed by atoms with Crippen molar-refractivity contribution in [3.63, 3.8) is 0 Å². The molecule has 194 valence electrons.